The summed E-state index contributed by atoms with van der Waals surface area (Å²) in [6, 6.07) is 0.478. The van der Waals surface area contributed by atoms with Crippen molar-refractivity contribution in [3.8, 4) is 0 Å². The quantitative estimate of drug-likeness (QED) is 0.560. The predicted octanol–water partition coefficient (Wildman–Crippen LogP) is 2.71. The number of hydrogen-bond donors (Lipinski definition) is 2. The van der Waals surface area contributed by atoms with Crippen molar-refractivity contribution in [1.29, 1.82) is 0 Å². The molecule has 124 valence electrons. The lowest BCUT2D eigenvalue weighted by molar-refractivity contribution is 0.162. The van der Waals surface area contributed by atoms with Crippen molar-refractivity contribution in [2.45, 2.75) is 59.9 Å². The molecule has 2 N–H and O–H groups in total. The Balaban J connectivity index is 2.46. The molecule has 1 aliphatic heterocycles. The van der Waals surface area contributed by atoms with E-state index in [2.05, 4.69) is 50.2 Å². The Morgan fingerprint density at radius 1 is 1.29 bits per heavy atom. The molecule has 1 rings (SSSR count). The summed E-state index contributed by atoms with van der Waals surface area (Å²) in [5.74, 6) is 2.45. The van der Waals surface area contributed by atoms with Crippen LogP contribution in [-0.4, -0.2) is 49.6 Å². The molecule has 4 heteroatoms. The van der Waals surface area contributed by atoms with Gasteiger partial charge in [-0.2, -0.15) is 0 Å². The van der Waals surface area contributed by atoms with E-state index in [9.17, 15) is 0 Å². The second-order valence-electron chi connectivity index (χ2n) is 6.83. The second-order valence-corrected chi connectivity index (χ2v) is 6.83. The van der Waals surface area contributed by atoms with Crippen LogP contribution in [0.25, 0.3) is 0 Å². The summed E-state index contributed by atoms with van der Waals surface area (Å²) in [6.07, 6.45) is 3.76. The summed E-state index contributed by atoms with van der Waals surface area (Å²) in [5, 5.41) is 6.83. The summed E-state index contributed by atoms with van der Waals surface area (Å²) in [7, 11) is 0. The highest BCUT2D eigenvalue weighted by Gasteiger charge is 2.20. The highest BCUT2D eigenvalue weighted by molar-refractivity contribution is 5.80. The van der Waals surface area contributed by atoms with Gasteiger partial charge in [0.25, 0.3) is 0 Å². The van der Waals surface area contributed by atoms with Crippen molar-refractivity contribution < 1.29 is 0 Å². The van der Waals surface area contributed by atoms with Gasteiger partial charge in [0, 0.05) is 32.2 Å². The molecule has 1 heterocycles. The number of hydrogen-bond acceptors (Lipinski definition) is 2. The van der Waals surface area contributed by atoms with Gasteiger partial charge in [0.2, 0.25) is 0 Å². The molecule has 2 atom stereocenters. The molecule has 0 bridgehead atoms. The molecule has 0 aromatic rings. The largest absolute Gasteiger partial charge is 0.357 e. The maximum Gasteiger partial charge on any atom is 0.191 e. The van der Waals surface area contributed by atoms with E-state index in [1.165, 1.54) is 32.5 Å². The van der Waals surface area contributed by atoms with E-state index in [0.717, 1.165) is 31.4 Å². The third kappa shape index (κ3) is 7.70. The molecular weight excluding hydrogens is 260 g/mol. The average molecular weight is 297 g/mol. The predicted molar refractivity (Wildman–Crippen MR) is 92.9 cm³/mol. The highest BCUT2D eigenvalue weighted by Crippen LogP contribution is 2.17. The molecular formula is C17H36N4. The molecule has 0 aromatic carbocycles. The molecule has 0 aliphatic carbocycles. The second kappa shape index (κ2) is 10.0. The van der Waals surface area contributed by atoms with Crippen molar-refractivity contribution in [2.24, 2.45) is 16.8 Å². The molecule has 1 fully saturated rings. The van der Waals surface area contributed by atoms with Crippen LogP contribution in [0.15, 0.2) is 4.99 Å². The molecule has 21 heavy (non-hydrogen) atoms. The topological polar surface area (TPSA) is 39.7 Å². The van der Waals surface area contributed by atoms with Crippen LogP contribution in [0.3, 0.4) is 0 Å². The first-order valence-corrected chi connectivity index (χ1v) is 8.82. The Morgan fingerprint density at radius 2 is 2.05 bits per heavy atom. The molecule has 4 nitrogen and oxygen atoms in total. The van der Waals surface area contributed by atoms with Gasteiger partial charge in [0.15, 0.2) is 5.96 Å². The number of likely N-dealkylation sites (tertiary alicyclic amines) is 1. The van der Waals surface area contributed by atoms with Crippen LogP contribution < -0.4 is 10.6 Å². The summed E-state index contributed by atoms with van der Waals surface area (Å²) in [4.78, 5) is 7.42. The van der Waals surface area contributed by atoms with Crippen LogP contribution in [0, 0.1) is 11.8 Å². The summed E-state index contributed by atoms with van der Waals surface area (Å²) < 4.78 is 0. The fourth-order valence-corrected chi connectivity index (χ4v) is 2.86. The lowest BCUT2D eigenvalue weighted by atomic mass is 9.97. The lowest BCUT2D eigenvalue weighted by Gasteiger charge is -2.33. The maximum absolute atomic E-state index is 4.81. The fourth-order valence-electron chi connectivity index (χ4n) is 2.86. The monoisotopic (exact) mass is 296 g/mol. The Morgan fingerprint density at radius 3 is 2.67 bits per heavy atom. The van der Waals surface area contributed by atoms with Gasteiger partial charge in [0.1, 0.15) is 0 Å². The third-order valence-corrected chi connectivity index (χ3v) is 4.07. The van der Waals surface area contributed by atoms with E-state index in [-0.39, 0.29) is 0 Å². The number of guanidine groups is 1. The van der Waals surface area contributed by atoms with Gasteiger partial charge in [-0.3, -0.25) is 4.99 Å². The number of rotatable bonds is 7. The van der Waals surface area contributed by atoms with Crippen LogP contribution in [0.2, 0.25) is 0 Å². The van der Waals surface area contributed by atoms with Crippen LogP contribution >= 0.6 is 0 Å². The van der Waals surface area contributed by atoms with Crippen molar-refractivity contribution in [3.05, 3.63) is 0 Å². The zero-order valence-electron chi connectivity index (χ0n) is 14.8. The smallest absolute Gasteiger partial charge is 0.191 e. The number of nitrogens with one attached hydrogen (secondary N) is 2. The van der Waals surface area contributed by atoms with E-state index in [4.69, 9.17) is 4.99 Å². The summed E-state index contributed by atoms with van der Waals surface area (Å²) >= 11 is 0. The van der Waals surface area contributed by atoms with Crippen LogP contribution in [0.5, 0.6) is 0 Å². The third-order valence-electron chi connectivity index (χ3n) is 4.07. The molecule has 0 radical (unpaired) electrons. The Bertz CT molecular complexity index is 301. The Labute approximate surface area is 131 Å². The lowest BCUT2D eigenvalue weighted by Crippen LogP contribution is -2.43. The van der Waals surface area contributed by atoms with Crippen molar-refractivity contribution in [1.82, 2.24) is 15.5 Å². The van der Waals surface area contributed by atoms with Gasteiger partial charge in [0.05, 0.1) is 0 Å². The molecule has 0 saturated carbocycles. The van der Waals surface area contributed by atoms with E-state index in [1.807, 2.05) is 0 Å². The SMILES string of the molecule is CCNC(=NCC1CCCN(CC(C)C)C1)NC(C)CC. The molecule has 1 saturated heterocycles. The average Bonchev–Trinajstić information content (AvgIpc) is 2.44. The normalized spacial score (nSPS) is 22.4. The van der Waals surface area contributed by atoms with Crippen molar-refractivity contribution in [3.63, 3.8) is 0 Å². The minimum absolute atomic E-state index is 0.478. The zero-order chi connectivity index (χ0) is 15.7. The Hall–Kier alpha value is -0.770. The first kappa shape index (κ1) is 18.3. The number of aliphatic imine (C=N–C) groups is 1. The fraction of sp³-hybridized carbons (Fsp3) is 0.941. The molecule has 0 spiro atoms. The highest BCUT2D eigenvalue weighted by atomic mass is 15.2. The van der Waals surface area contributed by atoms with E-state index >= 15 is 0 Å². The number of nitrogens with zero attached hydrogens (tertiary/aromatic N) is 2. The van der Waals surface area contributed by atoms with E-state index in [0.29, 0.717) is 12.0 Å². The van der Waals surface area contributed by atoms with Gasteiger partial charge in [-0.1, -0.05) is 20.8 Å². The minimum Gasteiger partial charge on any atom is -0.357 e. The van der Waals surface area contributed by atoms with Gasteiger partial charge >= 0.3 is 0 Å². The Kier molecular flexibility index (Phi) is 8.74. The molecule has 1 aliphatic rings. The molecule has 0 aromatic heterocycles. The van der Waals surface area contributed by atoms with E-state index < -0.39 is 0 Å². The molecule has 2 unspecified atom stereocenters. The van der Waals surface area contributed by atoms with Gasteiger partial charge in [-0.25, -0.2) is 0 Å². The van der Waals surface area contributed by atoms with Gasteiger partial charge in [-0.05, 0) is 51.5 Å². The van der Waals surface area contributed by atoms with Gasteiger partial charge < -0.3 is 15.5 Å². The molecule has 0 amide bonds. The first-order chi connectivity index (χ1) is 10.0. The van der Waals surface area contributed by atoms with Gasteiger partial charge in [-0.15, -0.1) is 0 Å². The van der Waals surface area contributed by atoms with Crippen molar-refractivity contribution in [2.75, 3.05) is 32.7 Å². The van der Waals surface area contributed by atoms with Crippen LogP contribution in [-0.2, 0) is 0 Å². The van der Waals surface area contributed by atoms with Crippen LogP contribution in [0.1, 0.15) is 53.9 Å². The standard InChI is InChI=1S/C17H36N4/c1-6-15(5)20-17(18-7-2)19-11-16-9-8-10-21(13-16)12-14(3)4/h14-16H,6-13H2,1-5H3,(H2,18,19,20). The van der Waals surface area contributed by atoms with E-state index in [1.54, 1.807) is 0 Å². The number of piperidine rings is 1. The first-order valence-electron chi connectivity index (χ1n) is 8.82. The zero-order valence-corrected chi connectivity index (χ0v) is 14.8. The van der Waals surface area contributed by atoms with Crippen molar-refractivity contribution >= 4 is 5.96 Å². The minimum atomic E-state index is 0.478. The summed E-state index contributed by atoms with van der Waals surface area (Å²) in [6.45, 7) is 16.7. The van der Waals surface area contributed by atoms with Crippen LogP contribution in [0.4, 0.5) is 0 Å². The summed E-state index contributed by atoms with van der Waals surface area (Å²) in [5.41, 5.74) is 0. The maximum atomic E-state index is 4.81.